The number of nitrogens with zero attached hydrogens (tertiary/aromatic N) is 1. The van der Waals surface area contributed by atoms with Gasteiger partial charge in [-0.15, -0.1) is 24.2 Å². The van der Waals surface area contributed by atoms with Crippen LogP contribution >= 0.6 is 35.8 Å². The Hall–Kier alpha value is -1.24. The van der Waals surface area contributed by atoms with Crippen molar-refractivity contribution < 1.29 is 4.79 Å². The van der Waals surface area contributed by atoms with Crippen LogP contribution in [0.25, 0.3) is 0 Å². The maximum absolute atomic E-state index is 12.2. The number of halogens is 2. The molecule has 146 valence electrons. The van der Waals surface area contributed by atoms with Crippen molar-refractivity contribution in [3.63, 3.8) is 0 Å². The minimum atomic E-state index is -0.00274. The summed E-state index contributed by atoms with van der Waals surface area (Å²) in [5, 5.41) is 7.09. The molecule has 1 amide bonds. The average Bonchev–Trinajstić information content (AvgIpc) is 2.69. The fraction of sp³-hybridized carbons (Fsp3) is 0.350. The van der Waals surface area contributed by atoms with Gasteiger partial charge in [-0.3, -0.25) is 9.69 Å². The lowest BCUT2D eigenvalue weighted by molar-refractivity contribution is 0.0947. The van der Waals surface area contributed by atoms with E-state index in [0.717, 1.165) is 43.5 Å². The van der Waals surface area contributed by atoms with Crippen molar-refractivity contribution in [3.05, 3.63) is 64.7 Å². The molecule has 1 fully saturated rings. The minimum Gasteiger partial charge on any atom is -0.351 e. The van der Waals surface area contributed by atoms with Crippen molar-refractivity contribution in [1.29, 1.82) is 0 Å². The molecule has 2 N–H and O–H groups in total. The Morgan fingerprint density at radius 1 is 1.07 bits per heavy atom. The van der Waals surface area contributed by atoms with Crippen molar-refractivity contribution in [2.45, 2.75) is 10.6 Å². The van der Waals surface area contributed by atoms with Crippen LogP contribution < -0.4 is 10.6 Å². The van der Waals surface area contributed by atoms with Gasteiger partial charge in [0.15, 0.2) is 0 Å². The zero-order chi connectivity index (χ0) is 18.2. The van der Waals surface area contributed by atoms with E-state index in [4.69, 9.17) is 11.6 Å². The summed E-state index contributed by atoms with van der Waals surface area (Å²) in [5.74, 6) is 0.865. The van der Waals surface area contributed by atoms with Crippen molar-refractivity contribution in [1.82, 2.24) is 15.5 Å². The monoisotopic (exact) mass is 425 g/mol. The highest BCUT2D eigenvalue weighted by molar-refractivity contribution is 7.98. The molecule has 3 rings (SSSR count). The smallest absolute Gasteiger partial charge is 0.251 e. The van der Waals surface area contributed by atoms with E-state index < -0.39 is 0 Å². The van der Waals surface area contributed by atoms with E-state index in [2.05, 4.69) is 15.5 Å². The fourth-order valence-corrected chi connectivity index (χ4v) is 3.79. The summed E-state index contributed by atoms with van der Waals surface area (Å²) in [6.07, 6.45) is 0. The van der Waals surface area contributed by atoms with Crippen LogP contribution in [-0.4, -0.2) is 50.1 Å². The molecule has 0 bridgehead atoms. The minimum absolute atomic E-state index is 0. The molecule has 1 saturated heterocycles. The summed E-state index contributed by atoms with van der Waals surface area (Å²) in [7, 11) is 0. The highest BCUT2D eigenvalue weighted by atomic mass is 35.5. The third-order valence-electron chi connectivity index (χ3n) is 4.36. The molecule has 2 aromatic carbocycles. The van der Waals surface area contributed by atoms with E-state index in [-0.39, 0.29) is 18.3 Å². The molecule has 0 radical (unpaired) electrons. The Morgan fingerprint density at radius 2 is 1.74 bits per heavy atom. The molecular weight excluding hydrogens is 401 g/mol. The molecule has 7 heteroatoms. The topological polar surface area (TPSA) is 44.4 Å². The first kappa shape index (κ1) is 22.1. The molecule has 0 aliphatic carbocycles. The number of nitrogens with one attached hydrogen (secondary N) is 2. The molecule has 4 nitrogen and oxygen atoms in total. The molecular formula is C20H25Cl2N3OS. The number of amides is 1. The third kappa shape index (κ3) is 7.35. The number of hydrogen-bond acceptors (Lipinski definition) is 4. The molecule has 0 spiro atoms. The van der Waals surface area contributed by atoms with Gasteiger partial charge in [0.1, 0.15) is 0 Å². The quantitative estimate of drug-likeness (QED) is 0.663. The molecule has 0 unspecified atom stereocenters. The predicted molar refractivity (Wildman–Crippen MR) is 116 cm³/mol. The summed E-state index contributed by atoms with van der Waals surface area (Å²) >= 11 is 7.66. The van der Waals surface area contributed by atoms with E-state index >= 15 is 0 Å². The van der Waals surface area contributed by atoms with Crippen LogP contribution in [0.4, 0.5) is 0 Å². The van der Waals surface area contributed by atoms with Crippen LogP contribution in [0.15, 0.2) is 53.4 Å². The fourth-order valence-electron chi connectivity index (χ4n) is 2.81. The Morgan fingerprint density at radius 3 is 2.41 bits per heavy atom. The normalized spacial score (nSPS) is 14.4. The molecule has 0 atom stereocenters. The van der Waals surface area contributed by atoms with Gasteiger partial charge in [-0.25, -0.2) is 0 Å². The first-order valence-corrected chi connectivity index (χ1v) is 10.3. The van der Waals surface area contributed by atoms with E-state index in [9.17, 15) is 4.79 Å². The summed E-state index contributed by atoms with van der Waals surface area (Å²) in [6.45, 7) is 5.76. The summed E-state index contributed by atoms with van der Waals surface area (Å²) in [5.41, 5.74) is 1.91. The summed E-state index contributed by atoms with van der Waals surface area (Å²) < 4.78 is 0. The third-order valence-corrected chi connectivity index (χ3v) is 5.69. The molecule has 2 aromatic rings. The Labute approximate surface area is 176 Å². The van der Waals surface area contributed by atoms with Crippen molar-refractivity contribution >= 4 is 41.7 Å². The second kappa shape index (κ2) is 11.6. The largest absolute Gasteiger partial charge is 0.351 e. The van der Waals surface area contributed by atoms with Crippen molar-refractivity contribution in [3.8, 4) is 0 Å². The van der Waals surface area contributed by atoms with Crippen LogP contribution in [0.2, 0.25) is 5.02 Å². The lowest BCUT2D eigenvalue weighted by Gasteiger charge is -2.27. The Balaban J connectivity index is 0.00000261. The number of hydrogen-bond donors (Lipinski definition) is 2. The van der Waals surface area contributed by atoms with E-state index in [1.54, 1.807) is 11.8 Å². The van der Waals surface area contributed by atoms with Gasteiger partial charge in [-0.05, 0) is 42.0 Å². The standard InChI is InChI=1S/C20H24ClN3OS.ClH/c21-18-5-7-19(8-6-18)26-15-16-1-3-17(4-2-16)20(25)23-11-14-24-12-9-22-10-13-24;/h1-8,22H,9-15H2,(H,23,25);1H. The van der Waals surface area contributed by atoms with Gasteiger partial charge in [-0.1, -0.05) is 23.7 Å². The van der Waals surface area contributed by atoms with Gasteiger partial charge in [-0.2, -0.15) is 0 Å². The van der Waals surface area contributed by atoms with E-state index in [0.29, 0.717) is 12.1 Å². The second-order valence-corrected chi connectivity index (χ2v) is 7.77. The average molecular weight is 426 g/mol. The van der Waals surface area contributed by atoms with Crippen LogP contribution in [0.1, 0.15) is 15.9 Å². The summed E-state index contributed by atoms with van der Waals surface area (Å²) in [4.78, 5) is 15.8. The second-order valence-electron chi connectivity index (χ2n) is 6.29. The number of carbonyl (C=O) groups excluding carboxylic acids is 1. The number of benzene rings is 2. The summed E-state index contributed by atoms with van der Waals surface area (Å²) in [6, 6.07) is 15.7. The number of rotatable bonds is 7. The first-order chi connectivity index (χ1) is 12.7. The Kier molecular flexibility index (Phi) is 9.45. The van der Waals surface area contributed by atoms with E-state index in [1.807, 2.05) is 48.5 Å². The zero-order valence-electron chi connectivity index (χ0n) is 15.1. The molecule has 1 aliphatic rings. The molecule has 0 aromatic heterocycles. The maximum Gasteiger partial charge on any atom is 0.251 e. The highest BCUT2D eigenvalue weighted by Gasteiger charge is 2.10. The highest BCUT2D eigenvalue weighted by Crippen LogP contribution is 2.24. The van der Waals surface area contributed by atoms with Gasteiger partial charge in [0.2, 0.25) is 0 Å². The first-order valence-electron chi connectivity index (χ1n) is 8.89. The van der Waals surface area contributed by atoms with Crippen LogP contribution in [-0.2, 0) is 5.75 Å². The van der Waals surface area contributed by atoms with Gasteiger partial charge < -0.3 is 10.6 Å². The van der Waals surface area contributed by atoms with Crippen LogP contribution in [0.5, 0.6) is 0 Å². The lowest BCUT2D eigenvalue weighted by Crippen LogP contribution is -2.46. The SMILES string of the molecule is Cl.O=C(NCCN1CCNCC1)c1ccc(CSc2ccc(Cl)cc2)cc1. The number of piperazine rings is 1. The molecule has 1 heterocycles. The predicted octanol–water partition coefficient (Wildman–Crippen LogP) is 3.69. The van der Waals surface area contributed by atoms with E-state index in [1.165, 1.54) is 10.5 Å². The van der Waals surface area contributed by atoms with Gasteiger partial charge in [0.25, 0.3) is 5.91 Å². The molecule has 0 saturated carbocycles. The Bertz CT molecular complexity index is 704. The van der Waals surface area contributed by atoms with Crippen molar-refractivity contribution in [2.75, 3.05) is 39.3 Å². The van der Waals surface area contributed by atoms with Gasteiger partial charge in [0.05, 0.1) is 0 Å². The molecule has 1 aliphatic heterocycles. The van der Waals surface area contributed by atoms with Crippen molar-refractivity contribution in [2.24, 2.45) is 0 Å². The number of thioether (sulfide) groups is 1. The van der Waals surface area contributed by atoms with Gasteiger partial charge in [0, 0.05) is 60.5 Å². The maximum atomic E-state index is 12.2. The van der Waals surface area contributed by atoms with Crippen LogP contribution in [0.3, 0.4) is 0 Å². The van der Waals surface area contributed by atoms with Crippen LogP contribution in [0, 0.1) is 0 Å². The molecule has 27 heavy (non-hydrogen) atoms. The number of carbonyl (C=O) groups is 1. The van der Waals surface area contributed by atoms with Gasteiger partial charge >= 0.3 is 0 Å². The zero-order valence-corrected chi connectivity index (χ0v) is 17.5. The lowest BCUT2D eigenvalue weighted by atomic mass is 10.1.